The summed E-state index contributed by atoms with van der Waals surface area (Å²) in [6.45, 7) is 1.30. The van der Waals surface area contributed by atoms with Crippen molar-refractivity contribution in [3.8, 4) is 0 Å². The van der Waals surface area contributed by atoms with Gasteiger partial charge in [-0.15, -0.1) is 0 Å². The lowest BCUT2D eigenvalue weighted by molar-refractivity contribution is -0.141. The monoisotopic (exact) mass is 285 g/mol. The Morgan fingerprint density at radius 3 is 2.56 bits per heavy atom. The first-order valence-electron chi connectivity index (χ1n) is 4.74. The predicted molar refractivity (Wildman–Crippen MR) is 63.1 cm³/mol. The minimum absolute atomic E-state index is 0.260. The van der Waals surface area contributed by atoms with E-state index in [9.17, 15) is 9.59 Å². The maximum atomic E-state index is 10.9. The molecule has 0 saturated heterocycles. The molecule has 1 unspecified atom stereocenters. The average Bonchev–Trinajstić information content (AvgIpc) is 2.19. The number of halogens is 1. The molecule has 16 heavy (non-hydrogen) atoms. The molecule has 1 atom stereocenters. The second-order valence-corrected chi connectivity index (χ2v) is 4.24. The summed E-state index contributed by atoms with van der Waals surface area (Å²) in [7, 11) is 0. The summed E-state index contributed by atoms with van der Waals surface area (Å²) in [4.78, 5) is 21.8. The molecule has 0 bridgehead atoms. The molecule has 5 heteroatoms. The molecule has 4 nitrogen and oxygen atoms in total. The van der Waals surface area contributed by atoms with Crippen LogP contribution < -0.4 is 5.32 Å². The predicted octanol–water partition coefficient (Wildman–Crippen LogP) is 1.58. The van der Waals surface area contributed by atoms with E-state index in [-0.39, 0.29) is 12.3 Å². The van der Waals surface area contributed by atoms with Crippen LogP contribution in [-0.2, 0) is 16.0 Å². The Morgan fingerprint density at radius 1 is 1.44 bits per heavy atom. The van der Waals surface area contributed by atoms with Crippen LogP contribution in [0.2, 0.25) is 0 Å². The summed E-state index contributed by atoms with van der Waals surface area (Å²) in [5.41, 5.74) is 0.851. The summed E-state index contributed by atoms with van der Waals surface area (Å²) >= 11 is 3.33. The van der Waals surface area contributed by atoms with Crippen molar-refractivity contribution < 1.29 is 14.7 Å². The number of rotatable bonds is 4. The first-order valence-corrected chi connectivity index (χ1v) is 5.53. The molecule has 1 aromatic rings. The largest absolute Gasteiger partial charge is 0.480 e. The van der Waals surface area contributed by atoms with Crippen LogP contribution in [0.5, 0.6) is 0 Å². The maximum absolute atomic E-state index is 10.9. The Balaban J connectivity index is 2.80. The number of amides is 1. The normalized spacial score (nSPS) is 11.9. The Morgan fingerprint density at radius 2 is 2.06 bits per heavy atom. The molecule has 0 aromatic heterocycles. The van der Waals surface area contributed by atoms with E-state index in [0.29, 0.717) is 0 Å². The smallest absolute Gasteiger partial charge is 0.326 e. The van der Waals surface area contributed by atoms with E-state index >= 15 is 0 Å². The standard InChI is InChI=1S/C11H12BrNO3/c1-7(14)13-10(11(15)16)6-8-4-2-3-5-9(8)12/h2-5,10H,6H2,1H3,(H,13,14)(H,15,16). The second kappa shape index (κ2) is 5.65. The molecule has 0 aliphatic heterocycles. The van der Waals surface area contributed by atoms with E-state index in [1.807, 2.05) is 24.3 Å². The number of nitrogens with one attached hydrogen (secondary N) is 1. The highest BCUT2D eigenvalue weighted by Gasteiger charge is 2.19. The molecule has 0 saturated carbocycles. The SMILES string of the molecule is CC(=O)NC(Cc1ccccc1Br)C(=O)O. The van der Waals surface area contributed by atoms with Gasteiger partial charge in [0.1, 0.15) is 6.04 Å². The first-order chi connectivity index (χ1) is 7.50. The van der Waals surface area contributed by atoms with Gasteiger partial charge in [-0.3, -0.25) is 4.79 Å². The Labute approximate surface area is 102 Å². The third kappa shape index (κ3) is 3.66. The van der Waals surface area contributed by atoms with Crippen LogP contribution in [0, 0.1) is 0 Å². The zero-order chi connectivity index (χ0) is 12.1. The van der Waals surface area contributed by atoms with Gasteiger partial charge in [0.15, 0.2) is 0 Å². The maximum Gasteiger partial charge on any atom is 0.326 e. The van der Waals surface area contributed by atoms with E-state index in [2.05, 4.69) is 21.2 Å². The zero-order valence-corrected chi connectivity index (χ0v) is 10.3. The molecule has 0 spiro atoms. The van der Waals surface area contributed by atoms with Crippen LogP contribution in [0.4, 0.5) is 0 Å². The highest BCUT2D eigenvalue weighted by atomic mass is 79.9. The third-order valence-electron chi connectivity index (χ3n) is 2.06. The Hall–Kier alpha value is -1.36. The highest BCUT2D eigenvalue weighted by molar-refractivity contribution is 9.10. The number of benzene rings is 1. The number of carboxylic acid groups (broad SMARTS) is 1. The molecule has 0 aliphatic carbocycles. The summed E-state index contributed by atoms with van der Waals surface area (Å²) in [6, 6.07) is 6.44. The van der Waals surface area contributed by atoms with E-state index in [1.54, 1.807) is 0 Å². The minimum Gasteiger partial charge on any atom is -0.480 e. The minimum atomic E-state index is -1.04. The van der Waals surface area contributed by atoms with Crippen LogP contribution in [0.25, 0.3) is 0 Å². The Kier molecular flexibility index (Phi) is 4.49. The Bertz CT molecular complexity index is 406. The van der Waals surface area contributed by atoms with Crippen molar-refractivity contribution in [3.63, 3.8) is 0 Å². The number of carbonyl (C=O) groups is 2. The van der Waals surface area contributed by atoms with Gasteiger partial charge in [-0.2, -0.15) is 0 Å². The topological polar surface area (TPSA) is 66.4 Å². The van der Waals surface area contributed by atoms with Crippen molar-refractivity contribution in [2.24, 2.45) is 0 Å². The van der Waals surface area contributed by atoms with Crippen molar-refractivity contribution in [1.82, 2.24) is 5.32 Å². The third-order valence-corrected chi connectivity index (χ3v) is 2.83. The molecule has 1 rings (SSSR count). The molecular weight excluding hydrogens is 274 g/mol. The molecule has 0 heterocycles. The van der Waals surface area contributed by atoms with Crippen LogP contribution in [-0.4, -0.2) is 23.0 Å². The molecule has 86 valence electrons. The van der Waals surface area contributed by atoms with Crippen LogP contribution in [0.3, 0.4) is 0 Å². The fourth-order valence-corrected chi connectivity index (χ4v) is 1.78. The molecule has 2 N–H and O–H groups in total. The number of hydrogen-bond acceptors (Lipinski definition) is 2. The highest BCUT2D eigenvalue weighted by Crippen LogP contribution is 2.17. The van der Waals surface area contributed by atoms with E-state index in [1.165, 1.54) is 6.92 Å². The van der Waals surface area contributed by atoms with Gasteiger partial charge in [0.2, 0.25) is 5.91 Å². The van der Waals surface area contributed by atoms with Gasteiger partial charge in [0.05, 0.1) is 0 Å². The number of aliphatic carboxylic acids is 1. The number of carbonyl (C=O) groups excluding carboxylic acids is 1. The number of hydrogen-bond donors (Lipinski definition) is 2. The van der Waals surface area contributed by atoms with Crippen LogP contribution in [0.15, 0.2) is 28.7 Å². The fourth-order valence-electron chi connectivity index (χ4n) is 1.33. The van der Waals surface area contributed by atoms with Crippen molar-refractivity contribution in [2.45, 2.75) is 19.4 Å². The molecular formula is C11H12BrNO3. The van der Waals surface area contributed by atoms with Crippen molar-refractivity contribution in [1.29, 1.82) is 0 Å². The van der Waals surface area contributed by atoms with E-state index in [0.717, 1.165) is 10.0 Å². The average molecular weight is 286 g/mol. The summed E-state index contributed by atoms with van der Waals surface area (Å²) in [5, 5.41) is 11.3. The molecule has 0 fully saturated rings. The van der Waals surface area contributed by atoms with Crippen LogP contribution in [0.1, 0.15) is 12.5 Å². The zero-order valence-electron chi connectivity index (χ0n) is 8.74. The van der Waals surface area contributed by atoms with E-state index < -0.39 is 12.0 Å². The van der Waals surface area contributed by atoms with Crippen molar-refractivity contribution in [2.75, 3.05) is 0 Å². The summed E-state index contributed by atoms with van der Waals surface area (Å²) < 4.78 is 0.839. The molecule has 0 aliphatic rings. The molecule has 0 radical (unpaired) electrons. The first kappa shape index (κ1) is 12.7. The fraction of sp³-hybridized carbons (Fsp3) is 0.273. The van der Waals surface area contributed by atoms with Crippen molar-refractivity contribution >= 4 is 27.8 Å². The summed E-state index contributed by atoms with van der Waals surface area (Å²) in [6.07, 6.45) is 0.260. The second-order valence-electron chi connectivity index (χ2n) is 3.39. The number of carboxylic acids is 1. The van der Waals surface area contributed by atoms with Gasteiger partial charge in [0, 0.05) is 17.8 Å². The lowest BCUT2D eigenvalue weighted by Crippen LogP contribution is -2.41. The quantitative estimate of drug-likeness (QED) is 0.883. The van der Waals surface area contributed by atoms with Crippen molar-refractivity contribution in [3.05, 3.63) is 34.3 Å². The molecule has 1 amide bonds. The van der Waals surface area contributed by atoms with E-state index in [4.69, 9.17) is 5.11 Å². The molecule has 1 aromatic carbocycles. The summed E-state index contributed by atoms with van der Waals surface area (Å²) in [5.74, 6) is -1.38. The lowest BCUT2D eigenvalue weighted by Gasteiger charge is -2.13. The van der Waals surface area contributed by atoms with Gasteiger partial charge in [-0.05, 0) is 11.6 Å². The van der Waals surface area contributed by atoms with Crippen LogP contribution >= 0.6 is 15.9 Å². The van der Waals surface area contributed by atoms with Gasteiger partial charge in [-0.1, -0.05) is 34.1 Å². The van der Waals surface area contributed by atoms with Gasteiger partial charge < -0.3 is 10.4 Å². The van der Waals surface area contributed by atoms with Gasteiger partial charge >= 0.3 is 5.97 Å². The van der Waals surface area contributed by atoms with Gasteiger partial charge in [-0.25, -0.2) is 4.79 Å². The van der Waals surface area contributed by atoms with Gasteiger partial charge in [0.25, 0.3) is 0 Å². The lowest BCUT2D eigenvalue weighted by atomic mass is 10.1.